The molecule has 4 aromatic rings. The zero-order valence-corrected chi connectivity index (χ0v) is 15.4. The fraction of sp³-hybridized carbons (Fsp3) is 0. The normalized spacial score (nSPS) is 8.73. The summed E-state index contributed by atoms with van der Waals surface area (Å²) < 4.78 is 0. The molecule has 1 aromatic carbocycles. The van der Waals surface area contributed by atoms with Crippen LogP contribution in [-0.2, 0) is 19.5 Å². The van der Waals surface area contributed by atoms with Crippen molar-refractivity contribution in [3.8, 4) is 0 Å². The van der Waals surface area contributed by atoms with E-state index in [1.54, 1.807) is 12.4 Å². The molecule has 0 fully saturated rings. The summed E-state index contributed by atoms with van der Waals surface area (Å²) >= 11 is 0. The molecule has 3 N–H and O–H groups in total. The van der Waals surface area contributed by atoms with E-state index < -0.39 is 0 Å². The first-order chi connectivity index (χ1) is 9.45. The van der Waals surface area contributed by atoms with Gasteiger partial charge in [-0.05, 0) is 12.1 Å². The first-order valence-electron chi connectivity index (χ1n) is 5.82. The SMILES string of the molecule is O.[Cl-].[Zn+2].c1cnc2c(c1)ccc1cccnc12.c1nc[nH]n1. The van der Waals surface area contributed by atoms with Crippen LogP contribution in [0.2, 0.25) is 0 Å². The standard InChI is InChI=1S/C12H8N2.C2H3N3.ClH.H2O.Zn/c1-3-9-5-6-10-4-2-8-14-12(10)11(9)13-7-1;1-3-2-5-4-1;;;/h1-8H;1-2H,(H,3,4,5);1H;1H2;/q;;;;+2/p-1. The van der Waals surface area contributed by atoms with Crippen molar-refractivity contribution in [3.63, 3.8) is 0 Å². The van der Waals surface area contributed by atoms with Crippen LogP contribution in [-0.4, -0.2) is 30.6 Å². The maximum Gasteiger partial charge on any atom is 2.00 e. The maximum atomic E-state index is 4.35. The monoisotopic (exact) mass is 366 g/mol. The molecule has 0 spiro atoms. The first-order valence-corrected chi connectivity index (χ1v) is 5.82. The zero-order chi connectivity index (χ0) is 12.9. The van der Waals surface area contributed by atoms with Gasteiger partial charge in [0.15, 0.2) is 0 Å². The van der Waals surface area contributed by atoms with Gasteiger partial charge in [0.2, 0.25) is 0 Å². The van der Waals surface area contributed by atoms with Crippen molar-refractivity contribution >= 4 is 21.8 Å². The van der Waals surface area contributed by atoms with Crippen LogP contribution < -0.4 is 12.4 Å². The second kappa shape index (κ2) is 9.89. The largest absolute Gasteiger partial charge is 2.00 e. The van der Waals surface area contributed by atoms with Crippen molar-refractivity contribution in [2.45, 2.75) is 0 Å². The van der Waals surface area contributed by atoms with E-state index in [0.717, 1.165) is 21.8 Å². The number of H-pyrrole nitrogens is 1. The summed E-state index contributed by atoms with van der Waals surface area (Å²) in [6.45, 7) is 0. The minimum atomic E-state index is 0. The van der Waals surface area contributed by atoms with E-state index in [0.29, 0.717) is 0 Å². The molecular formula is C14H13ClN5OZn+. The van der Waals surface area contributed by atoms with Gasteiger partial charge in [0.05, 0.1) is 11.0 Å². The van der Waals surface area contributed by atoms with Crippen molar-refractivity contribution in [2.75, 3.05) is 0 Å². The Morgan fingerprint density at radius 1 is 0.818 bits per heavy atom. The van der Waals surface area contributed by atoms with Crippen LogP contribution in [0.1, 0.15) is 0 Å². The molecule has 0 aliphatic carbocycles. The van der Waals surface area contributed by atoms with Gasteiger partial charge in [0.1, 0.15) is 12.7 Å². The topological polar surface area (TPSA) is 98.9 Å². The maximum absolute atomic E-state index is 4.35. The summed E-state index contributed by atoms with van der Waals surface area (Å²) in [5.74, 6) is 0. The minimum Gasteiger partial charge on any atom is -1.00 e. The first kappa shape index (κ1) is 20.1. The van der Waals surface area contributed by atoms with Gasteiger partial charge >= 0.3 is 19.5 Å². The number of aromatic nitrogens is 5. The van der Waals surface area contributed by atoms with Gasteiger partial charge in [0.25, 0.3) is 0 Å². The number of hydrogen-bond donors (Lipinski definition) is 1. The Bertz CT molecular complexity index is 725. The summed E-state index contributed by atoms with van der Waals surface area (Å²) in [5.41, 5.74) is 1.95. The average Bonchev–Trinajstić information content (AvgIpc) is 3.07. The van der Waals surface area contributed by atoms with Gasteiger partial charge < -0.3 is 17.9 Å². The predicted octanol–water partition coefficient (Wildman–Crippen LogP) is -1.24. The van der Waals surface area contributed by atoms with Crippen molar-refractivity contribution < 1.29 is 37.4 Å². The Kier molecular flexibility index (Phi) is 9.02. The number of fused-ring (bicyclic) bond motifs is 3. The number of halogens is 1. The van der Waals surface area contributed by atoms with Crippen molar-refractivity contribution in [3.05, 3.63) is 61.4 Å². The Morgan fingerprint density at radius 3 is 1.73 bits per heavy atom. The van der Waals surface area contributed by atoms with Crippen molar-refractivity contribution in [2.24, 2.45) is 0 Å². The molecule has 3 heterocycles. The summed E-state index contributed by atoms with van der Waals surface area (Å²) in [6, 6.07) is 12.1. The fourth-order valence-electron chi connectivity index (χ4n) is 1.85. The molecule has 4 rings (SSSR count). The number of nitrogens with one attached hydrogen (secondary N) is 1. The summed E-state index contributed by atoms with van der Waals surface area (Å²) in [7, 11) is 0. The summed E-state index contributed by atoms with van der Waals surface area (Å²) in [5, 5.41) is 8.26. The van der Waals surface area contributed by atoms with Gasteiger partial charge in [-0.25, -0.2) is 4.98 Å². The van der Waals surface area contributed by atoms with Crippen molar-refractivity contribution in [1.82, 2.24) is 25.1 Å². The molecule has 6 nitrogen and oxygen atoms in total. The van der Waals surface area contributed by atoms with Crippen LogP contribution >= 0.6 is 0 Å². The summed E-state index contributed by atoms with van der Waals surface area (Å²) in [4.78, 5) is 12.2. The molecule has 3 aromatic heterocycles. The van der Waals surface area contributed by atoms with E-state index in [1.807, 2.05) is 12.1 Å². The number of nitrogens with zero attached hydrogens (tertiary/aromatic N) is 4. The Labute approximate surface area is 145 Å². The molecule has 0 saturated heterocycles. The quantitative estimate of drug-likeness (QED) is 0.310. The third kappa shape index (κ3) is 4.53. The van der Waals surface area contributed by atoms with Gasteiger partial charge in [-0.3, -0.25) is 15.1 Å². The van der Waals surface area contributed by atoms with Crippen LogP contribution in [0.3, 0.4) is 0 Å². The number of rotatable bonds is 0. The van der Waals surface area contributed by atoms with E-state index >= 15 is 0 Å². The molecule has 0 aliphatic heterocycles. The third-order valence-corrected chi connectivity index (χ3v) is 2.68. The molecule has 0 radical (unpaired) electrons. The van der Waals surface area contributed by atoms with Crippen LogP contribution in [0.5, 0.6) is 0 Å². The summed E-state index contributed by atoms with van der Waals surface area (Å²) in [6.07, 6.45) is 6.56. The smallest absolute Gasteiger partial charge is 1.00 e. The van der Waals surface area contributed by atoms with Crippen LogP contribution in [0.25, 0.3) is 21.8 Å². The zero-order valence-electron chi connectivity index (χ0n) is 11.6. The molecule has 108 valence electrons. The molecule has 0 aliphatic rings. The van der Waals surface area contributed by atoms with E-state index in [9.17, 15) is 0 Å². The fourth-order valence-corrected chi connectivity index (χ4v) is 1.85. The average molecular weight is 368 g/mol. The Morgan fingerprint density at radius 2 is 1.36 bits per heavy atom. The van der Waals surface area contributed by atoms with E-state index in [2.05, 4.69) is 49.4 Å². The van der Waals surface area contributed by atoms with Crippen LogP contribution in [0.15, 0.2) is 61.4 Å². The van der Waals surface area contributed by atoms with E-state index in [1.165, 1.54) is 12.7 Å². The molecule has 0 unspecified atom stereocenters. The van der Waals surface area contributed by atoms with E-state index in [4.69, 9.17) is 0 Å². The molecule has 22 heavy (non-hydrogen) atoms. The van der Waals surface area contributed by atoms with Gasteiger partial charge in [-0.2, -0.15) is 5.10 Å². The Balaban J connectivity index is 0.000000482. The molecule has 0 atom stereocenters. The Hall–Kier alpha value is -1.95. The number of pyridine rings is 2. The van der Waals surface area contributed by atoms with Crippen LogP contribution in [0, 0.1) is 0 Å². The van der Waals surface area contributed by atoms with E-state index in [-0.39, 0.29) is 37.4 Å². The molecule has 0 amide bonds. The molecule has 8 heteroatoms. The second-order valence-corrected chi connectivity index (χ2v) is 3.87. The van der Waals surface area contributed by atoms with Crippen molar-refractivity contribution in [1.29, 1.82) is 0 Å². The van der Waals surface area contributed by atoms with Gasteiger partial charge in [0, 0.05) is 23.2 Å². The van der Waals surface area contributed by atoms with Gasteiger partial charge in [-0.1, -0.05) is 24.3 Å². The van der Waals surface area contributed by atoms with Gasteiger partial charge in [-0.15, -0.1) is 0 Å². The number of hydrogen-bond acceptors (Lipinski definition) is 4. The second-order valence-electron chi connectivity index (χ2n) is 3.87. The molecular weight excluding hydrogens is 355 g/mol. The number of aromatic amines is 1. The predicted molar refractivity (Wildman–Crippen MR) is 77.0 cm³/mol. The molecule has 0 bridgehead atoms. The third-order valence-electron chi connectivity index (χ3n) is 2.68. The molecule has 0 saturated carbocycles. The van der Waals surface area contributed by atoms with Crippen LogP contribution in [0.4, 0.5) is 0 Å². The number of benzene rings is 1. The minimum absolute atomic E-state index is 0.